The second-order valence-electron chi connectivity index (χ2n) is 2.26. The van der Waals surface area contributed by atoms with Gasteiger partial charge < -0.3 is 5.11 Å². The Labute approximate surface area is 81.8 Å². The molecule has 1 rings (SSSR count). The molecule has 1 aromatic rings. The maximum absolute atomic E-state index is 12.2. The molecule has 0 saturated carbocycles. The lowest BCUT2D eigenvalue weighted by atomic mass is 10.3. The molecule has 0 fully saturated rings. The molecule has 0 unspecified atom stereocenters. The molecule has 1 heterocycles. The number of rotatable bonds is 1. The summed E-state index contributed by atoms with van der Waals surface area (Å²) in [5.41, 5.74) is -0.0448. The van der Waals surface area contributed by atoms with Crippen molar-refractivity contribution in [3.8, 4) is 5.75 Å². The molecule has 0 spiro atoms. The van der Waals surface area contributed by atoms with Gasteiger partial charge in [0.05, 0.1) is 5.69 Å². The van der Waals surface area contributed by atoms with Crippen LogP contribution >= 0.6 is 22.6 Å². The van der Waals surface area contributed by atoms with Gasteiger partial charge in [0.2, 0.25) is 0 Å². The minimum Gasteiger partial charge on any atom is -0.506 e. The number of nitrogens with zero attached hydrogens (tertiary/aromatic N) is 1. The molecule has 0 saturated heterocycles. The predicted octanol–water partition coefficient (Wildman–Crippen LogP) is 2.64. The van der Waals surface area contributed by atoms with Gasteiger partial charge in [-0.1, -0.05) is 0 Å². The van der Waals surface area contributed by atoms with Gasteiger partial charge >= 0.3 is 0 Å². The Morgan fingerprint density at radius 1 is 1.58 bits per heavy atom. The highest BCUT2D eigenvalue weighted by atomic mass is 127. The van der Waals surface area contributed by atoms with Crippen molar-refractivity contribution in [3.63, 3.8) is 0 Å². The van der Waals surface area contributed by atoms with Crippen LogP contribution < -0.4 is 0 Å². The van der Waals surface area contributed by atoms with Gasteiger partial charge in [-0.05, 0) is 35.6 Å². The Balaban J connectivity index is 3.23. The molecule has 12 heavy (non-hydrogen) atoms. The van der Waals surface area contributed by atoms with Crippen LogP contribution in [0.2, 0.25) is 0 Å². The van der Waals surface area contributed by atoms with E-state index in [9.17, 15) is 8.78 Å². The lowest BCUT2D eigenvalue weighted by Crippen LogP contribution is -1.96. The van der Waals surface area contributed by atoms with Crippen molar-refractivity contribution in [1.82, 2.24) is 4.98 Å². The first-order valence-corrected chi connectivity index (χ1v) is 4.24. The summed E-state index contributed by atoms with van der Waals surface area (Å²) in [6, 6.07) is 1.28. The van der Waals surface area contributed by atoms with E-state index in [4.69, 9.17) is 5.11 Å². The Morgan fingerprint density at radius 3 is 2.67 bits per heavy atom. The quantitative estimate of drug-likeness (QED) is 0.805. The van der Waals surface area contributed by atoms with Gasteiger partial charge in [-0.2, -0.15) is 0 Å². The maximum atomic E-state index is 12.2. The number of hydrogen-bond acceptors (Lipinski definition) is 2. The minimum absolute atomic E-state index is 0.0520. The van der Waals surface area contributed by atoms with E-state index in [1.54, 1.807) is 22.6 Å². The molecule has 0 radical (unpaired) electrons. The summed E-state index contributed by atoms with van der Waals surface area (Å²) in [7, 11) is 0. The number of pyridine rings is 1. The molecule has 0 aliphatic carbocycles. The van der Waals surface area contributed by atoms with Gasteiger partial charge in [-0.15, -0.1) is 0 Å². The standard InChI is InChI=1S/C7H6F2INO/c1-3-5(12)2-4(10)6(11-3)7(8)9/h2,7,12H,1H3. The van der Waals surface area contributed by atoms with Crippen LogP contribution in [0.4, 0.5) is 8.78 Å². The third-order valence-corrected chi connectivity index (χ3v) is 2.24. The number of halogens is 3. The van der Waals surface area contributed by atoms with E-state index in [1.807, 2.05) is 0 Å². The smallest absolute Gasteiger partial charge is 0.281 e. The molecule has 1 N–H and O–H groups in total. The first-order chi connectivity index (χ1) is 5.52. The van der Waals surface area contributed by atoms with Gasteiger partial charge in [0.25, 0.3) is 6.43 Å². The largest absolute Gasteiger partial charge is 0.506 e. The van der Waals surface area contributed by atoms with Crippen LogP contribution in [0.15, 0.2) is 6.07 Å². The normalized spacial score (nSPS) is 10.8. The lowest BCUT2D eigenvalue weighted by molar-refractivity contribution is 0.144. The fraction of sp³-hybridized carbons (Fsp3) is 0.286. The molecular formula is C7H6F2INO. The first-order valence-electron chi connectivity index (χ1n) is 3.16. The second-order valence-corrected chi connectivity index (χ2v) is 3.42. The maximum Gasteiger partial charge on any atom is 0.281 e. The monoisotopic (exact) mass is 285 g/mol. The number of aromatic hydroxyl groups is 1. The van der Waals surface area contributed by atoms with Crippen molar-refractivity contribution in [2.24, 2.45) is 0 Å². The minimum atomic E-state index is -2.59. The Bertz CT molecular complexity index is 304. The second kappa shape index (κ2) is 3.51. The summed E-state index contributed by atoms with van der Waals surface area (Å²) in [4.78, 5) is 3.56. The third kappa shape index (κ3) is 1.82. The summed E-state index contributed by atoms with van der Waals surface area (Å²) >= 11 is 1.72. The Hall–Kier alpha value is -0.460. The molecule has 0 atom stereocenters. The molecular weight excluding hydrogens is 279 g/mol. The third-order valence-electron chi connectivity index (χ3n) is 1.37. The molecule has 0 aliphatic heterocycles. The number of alkyl halides is 2. The first kappa shape index (κ1) is 9.63. The number of aromatic nitrogens is 1. The molecule has 0 aromatic carbocycles. The summed E-state index contributed by atoms with van der Waals surface area (Å²) in [6.45, 7) is 1.48. The summed E-state index contributed by atoms with van der Waals surface area (Å²) < 4.78 is 24.7. The van der Waals surface area contributed by atoms with E-state index in [0.717, 1.165) is 0 Å². The van der Waals surface area contributed by atoms with Gasteiger partial charge in [-0.25, -0.2) is 13.8 Å². The van der Waals surface area contributed by atoms with E-state index in [0.29, 0.717) is 0 Å². The fourth-order valence-corrected chi connectivity index (χ4v) is 1.39. The van der Waals surface area contributed by atoms with Crippen LogP contribution in [0, 0.1) is 10.5 Å². The summed E-state index contributed by atoms with van der Waals surface area (Å²) in [6.07, 6.45) is -2.59. The zero-order valence-corrected chi connectivity index (χ0v) is 8.34. The van der Waals surface area contributed by atoms with Crippen molar-refractivity contribution < 1.29 is 13.9 Å². The van der Waals surface area contributed by atoms with Gasteiger partial charge in [-0.3, -0.25) is 0 Å². The number of aryl methyl sites for hydroxylation is 1. The molecule has 0 amide bonds. The van der Waals surface area contributed by atoms with Crippen LogP contribution in [0.25, 0.3) is 0 Å². The molecule has 0 bridgehead atoms. The lowest BCUT2D eigenvalue weighted by Gasteiger charge is -2.04. The zero-order chi connectivity index (χ0) is 9.30. The van der Waals surface area contributed by atoms with E-state index in [-0.39, 0.29) is 20.7 Å². The average Bonchev–Trinajstić information content (AvgIpc) is 1.96. The van der Waals surface area contributed by atoms with Crippen LogP contribution in [-0.4, -0.2) is 10.1 Å². The van der Waals surface area contributed by atoms with Crippen LogP contribution in [-0.2, 0) is 0 Å². The van der Waals surface area contributed by atoms with Crippen molar-refractivity contribution in [2.75, 3.05) is 0 Å². The van der Waals surface area contributed by atoms with Crippen molar-refractivity contribution in [2.45, 2.75) is 13.3 Å². The predicted molar refractivity (Wildman–Crippen MR) is 48.3 cm³/mol. The molecule has 0 aliphatic rings. The van der Waals surface area contributed by atoms with E-state index >= 15 is 0 Å². The topological polar surface area (TPSA) is 33.1 Å². The van der Waals surface area contributed by atoms with Gasteiger partial charge in [0, 0.05) is 3.57 Å². The summed E-state index contributed by atoms with van der Waals surface area (Å²) in [5.74, 6) is -0.0520. The Morgan fingerprint density at radius 2 is 2.17 bits per heavy atom. The van der Waals surface area contributed by atoms with Crippen molar-refractivity contribution in [1.29, 1.82) is 0 Å². The van der Waals surface area contributed by atoms with Crippen LogP contribution in [0.1, 0.15) is 17.8 Å². The number of hydrogen-bond donors (Lipinski definition) is 1. The van der Waals surface area contributed by atoms with Crippen LogP contribution in [0.3, 0.4) is 0 Å². The molecule has 66 valence electrons. The highest BCUT2D eigenvalue weighted by Crippen LogP contribution is 2.26. The average molecular weight is 285 g/mol. The zero-order valence-electron chi connectivity index (χ0n) is 6.18. The van der Waals surface area contributed by atoms with Crippen molar-refractivity contribution >= 4 is 22.6 Å². The van der Waals surface area contributed by atoms with E-state index in [1.165, 1.54) is 13.0 Å². The van der Waals surface area contributed by atoms with Gasteiger partial charge in [0.1, 0.15) is 11.4 Å². The fourth-order valence-electron chi connectivity index (χ4n) is 0.743. The van der Waals surface area contributed by atoms with Crippen LogP contribution in [0.5, 0.6) is 5.75 Å². The highest BCUT2D eigenvalue weighted by molar-refractivity contribution is 14.1. The van der Waals surface area contributed by atoms with E-state index in [2.05, 4.69) is 4.98 Å². The van der Waals surface area contributed by atoms with Gasteiger partial charge in [0.15, 0.2) is 0 Å². The van der Waals surface area contributed by atoms with E-state index < -0.39 is 6.43 Å². The molecule has 2 nitrogen and oxygen atoms in total. The van der Waals surface area contributed by atoms with Crippen molar-refractivity contribution in [3.05, 3.63) is 21.0 Å². The molecule has 5 heteroatoms. The Kier molecular flexibility index (Phi) is 2.81. The highest BCUT2D eigenvalue weighted by Gasteiger charge is 2.15. The SMILES string of the molecule is Cc1nc(C(F)F)c(I)cc1O. The molecule has 1 aromatic heterocycles. The summed E-state index contributed by atoms with van der Waals surface area (Å²) in [5, 5.41) is 9.09.